The van der Waals surface area contributed by atoms with Gasteiger partial charge in [0.15, 0.2) is 0 Å². The average Bonchev–Trinajstić information content (AvgIpc) is 3.55. The minimum absolute atomic E-state index is 0.0428. The van der Waals surface area contributed by atoms with Crippen molar-refractivity contribution in [2.45, 2.75) is 44.8 Å². The summed E-state index contributed by atoms with van der Waals surface area (Å²) in [5.74, 6) is -0.608. The second-order valence-electron chi connectivity index (χ2n) is 8.69. The second kappa shape index (κ2) is 5.90. The Morgan fingerprint density at radius 3 is 2.68 bits per heavy atom. The first-order valence-corrected chi connectivity index (χ1v) is 9.88. The van der Waals surface area contributed by atoms with Crippen LogP contribution in [-0.2, 0) is 0 Å². The Kier molecular flexibility index (Phi) is 3.77. The molecule has 2 aromatic rings. The number of nitrogens with zero attached hydrogens (tertiary/aromatic N) is 2. The second-order valence-corrected chi connectivity index (χ2v) is 8.69. The van der Waals surface area contributed by atoms with Gasteiger partial charge in [-0.3, -0.25) is 14.3 Å². The number of fused-ring (bicyclic) bond motifs is 1. The van der Waals surface area contributed by atoms with Crippen LogP contribution in [0.1, 0.15) is 37.3 Å². The number of aliphatic hydroxyl groups excluding tert-OH is 2. The molecule has 3 N–H and O–H groups in total. The molecule has 1 aromatic carbocycles. The van der Waals surface area contributed by atoms with Gasteiger partial charge in [-0.1, -0.05) is 0 Å². The topological polar surface area (TPSA) is 98.6 Å². The van der Waals surface area contributed by atoms with Gasteiger partial charge in [0.25, 0.3) is 5.56 Å². The number of anilines is 1. The van der Waals surface area contributed by atoms with Gasteiger partial charge in [0.05, 0.1) is 29.3 Å². The zero-order valence-corrected chi connectivity index (χ0v) is 15.7. The molecule has 5 rings (SSSR count). The van der Waals surface area contributed by atoms with E-state index < -0.39 is 23.2 Å². The summed E-state index contributed by atoms with van der Waals surface area (Å²) in [7, 11) is 0. The SMILES string of the molecule is Cc1c(N2CC(C(O)CO)C3(CC3)C2)c(F)cc2c(=O)[nH]c(=O)n(C3CC3)c12. The highest BCUT2D eigenvalue weighted by Crippen LogP contribution is 2.58. The van der Waals surface area contributed by atoms with Crippen molar-refractivity contribution < 1.29 is 14.6 Å². The fourth-order valence-corrected chi connectivity index (χ4v) is 5.15. The molecule has 7 nitrogen and oxygen atoms in total. The number of aliphatic hydroxyl groups is 2. The van der Waals surface area contributed by atoms with Crippen LogP contribution in [0.25, 0.3) is 10.9 Å². The van der Waals surface area contributed by atoms with Crippen LogP contribution in [0.15, 0.2) is 15.7 Å². The smallest absolute Gasteiger partial charge is 0.329 e. The van der Waals surface area contributed by atoms with Gasteiger partial charge in [-0.25, -0.2) is 9.18 Å². The van der Waals surface area contributed by atoms with Crippen LogP contribution < -0.4 is 16.1 Å². The lowest BCUT2D eigenvalue weighted by atomic mass is 9.88. The summed E-state index contributed by atoms with van der Waals surface area (Å²) < 4.78 is 16.7. The Labute approximate surface area is 160 Å². The van der Waals surface area contributed by atoms with Crippen molar-refractivity contribution in [3.05, 3.63) is 38.3 Å². The molecule has 3 aliphatic rings. The van der Waals surface area contributed by atoms with Gasteiger partial charge in [0.1, 0.15) is 5.82 Å². The first-order valence-electron chi connectivity index (χ1n) is 9.88. The van der Waals surface area contributed by atoms with Crippen molar-refractivity contribution >= 4 is 16.6 Å². The molecule has 2 heterocycles. The third kappa shape index (κ3) is 2.47. The lowest BCUT2D eigenvalue weighted by Gasteiger charge is -2.24. The molecule has 2 unspecified atom stereocenters. The van der Waals surface area contributed by atoms with Crippen molar-refractivity contribution in [3.8, 4) is 0 Å². The van der Waals surface area contributed by atoms with Crippen LogP contribution in [0.3, 0.4) is 0 Å². The summed E-state index contributed by atoms with van der Waals surface area (Å²) in [6.45, 7) is 2.50. The summed E-state index contributed by atoms with van der Waals surface area (Å²) in [6.07, 6.45) is 2.80. The minimum atomic E-state index is -0.830. The van der Waals surface area contributed by atoms with Crippen LogP contribution in [-0.4, -0.2) is 45.6 Å². The highest BCUT2D eigenvalue weighted by Gasteiger charge is 2.57. The van der Waals surface area contributed by atoms with Gasteiger partial charge in [0, 0.05) is 30.6 Å². The first kappa shape index (κ1) is 17.9. The van der Waals surface area contributed by atoms with E-state index in [1.54, 1.807) is 11.5 Å². The molecule has 28 heavy (non-hydrogen) atoms. The van der Waals surface area contributed by atoms with Gasteiger partial charge in [0.2, 0.25) is 0 Å². The van der Waals surface area contributed by atoms with Crippen molar-refractivity contribution in [2.24, 2.45) is 11.3 Å². The van der Waals surface area contributed by atoms with E-state index in [0.29, 0.717) is 29.9 Å². The normalized spacial score (nSPS) is 24.3. The molecule has 0 bridgehead atoms. The fraction of sp³-hybridized carbons (Fsp3) is 0.600. The number of aromatic nitrogens is 2. The molecule has 2 atom stereocenters. The summed E-state index contributed by atoms with van der Waals surface area (Å²) in [5, 5.41) is 19.8. The predicted molar refractivity (Wildman–Crippen MR) is 102 cm³/mol. The van der Waals surface area contributed by atoms with E-state index in [2.05, 4.69) is 4.98 Å². The minimum Gasteiger partial charge on any atom is -0.394 e. The van der Waals surface area contributed by atoms with E-state index in [1.165, 1.54) is 6.07 Å². The molecule has 2 aliphatic carbocycles. The average molecular weight is 389 g/mol. The lowest BCUT2D eigenvalue weighted by Crippen LogP contribution is -2.32. The number of benzene rings is 1. The molecular formula is C20H24FN3O4. The summed E-state index contributed by atoms with van der Waals surface area (Å²) in [5.41, 5.74) is 0.378. The predicted octanol–water partition coefficient (Wildman–Crippen LogP) is 1.04. The number of halogens is 1. The van der Waals surface area contributed by atoms with Crippen LogP contribution in [0.5, 0.6) is 0 Å². The van der Waals surface area contributed by atoms with Gasteiger partial charge < -0.3 is 15.1 Å². The maximum atomic E-state index is 15.1. The van der Waals surface area contributed by atoms with Crippen LogP contribution in [0, 0.1) is 24.1 Å². The molecule has 1 aromatic heterocycles. The number of hydrogen-bond donors (Lipinski definition) is 3. The van der Waals surface area contributed by atoms with Gasteiger partial charge in [-0.2, -0.15) is 0 Å². The maximum absolute atomic E-state index is 15.1. The third-order valence-corrected chi connectivity index (χ3v) is 6.87. The molecule has 8 heteroatoms. The van der Waals surface area contributed by atoms with E-state index in [9.17, 15) is 19.8 Å². The quantitative estimate of drug-likeness (QED) is 0.726. The molecule has 150 valence electrons. The molecule has 1 spiro atoms. The van der Waals surface area contributed by atoms with E-state index in [-0.39, 0.29) is 29.4 Å². The van der Waals surface area contributed by atoms with Crippen LogP contribution in [0.2, 0.25) is 0 Å². The van der Waals surface area contributed by atoms with E-state index in [4.69, 9.17) is 0 Å². The van der Waals surface area contributed by atoms with Crippen LogP contribution in [0.4, 0.5) is 10.1 Å². The number of hydrogen-bond acceptors (Lipinski definition) is 5. The van der Waals surface area contributed by atoms with Gasteiger partial charge in [-0.15, -0.1) is 0 Å². The Balaban J connectivity index is 1.68. The standard InChI is InChI=1S/C20H24FN3O4/c1-10-16-12(18(27)22-19(28)24(16)11-2-3-11)6-14(21)17(10)23-7-13(15(26)8-25)20(9-23)4-5-20/h6,11,13,15,25-26H,2-5,7-9H2,1H3,(H,22,27,28). The summed E-state index contributed by atoms with van der Waals surface area (Å²) in [6, 6.07) is 1.27. The van der Waals surface area contributed by atoms with Crippen LogP contribution >= 0.6 is 0 Å². The highest BCUT2D eigenvalue weighted by atomic mass is 19.1. The number of nitrogens with one attached hydrogen (secondary N) is 1. The highest BCUT2D eigenvalue weighted by molar-refractivity contribution is 5.87. The maximum Gasteiger partial charge on any atom is 0.329 e. The Morgan fingerprint density at radius 1 is 1.36 bits per heavy atom. The van der Waals surface area contributed by atoms with Crippen molar-refractivity contribution in [2.75, 3.05) is 24.6 Å². The zero-order valence-electron chi connectivity index (χ0n) is 15.7. The molecule has 0 amide bonds. The number of aromatic amines is 1. The van der Waals surface area contributed by atoms with Crippen molar-refractivity contribution in [1.29, 1.82) is 0 Å². The fourth-order valence-electron chi connectivity index (χ4n) is 5.15. The first-order chi connectivity index (χ1) is 13.4. The Hall–Kier alpha value is -2.19. The molecular weight excluding hydrogens is 365 g/mol. The zero-order chi connectivity index (χ0) is 19.8. The Morgan fingerprint density at radius 2 is 2.07 bits per heavy atom. The summed E-state index contributed by atoms with van der Waals surface area (Å²) in [4.78, 5) is 29.0. The molecule has 2 saturated carbocycles. The molecule has 3 fully saturated rings. The lowest BCUT2D eigenvalue weighted by molar-refractivity contribution is 0.0335. The van der Waals surface area contributed by atoms with E-state index >= 15 is 4.39 Å². The largest absolute Gasteiger partial charge is 0.394 e. The van der Waals surface area contributed by atoms with Gasteiger partial charge >= 0.3 is 5.69 Å². The van der Waals surface area contributed by atoms with E-state index in [0.717, 1.165) is 25.7 Å². The van der Waals surface area contributed by atoms with Crippen molar-refractivity contribution in [3.63, 3.8) is 0 Å². The molecule has 0 radical (unpaired) electrons. The van der Waals surface area contributed by atoms with Crippen molar-refractivity contribution in [1.82, 2.24) is 9.55 Å². The monoisotopic (exact) mass is 389 g/mol. The summed E-state index contributed by atoms with van der Waals surface area (Å²) >= 11 is 0. The molecule has 1 saturated heterocycles. The number of rotatable bonds is 4. The Bertz CT molecular complexity index is 1080. The number of H-pyrrole nitrogens is 1. The molecule has 1 aliphatic heterocycles. The van der Waals surface area contributed by atoms with E-state index in [1.807, 2.05) is 4.90 Å². The third-order valence-electron chi connectivity index (χ3n) is 6.87. The number of aryl methyl sites for hydroxylation is 1. The van der Waals surface area contributed by atoms with Gasteiger partial charge in [-0.05, 0) is 44.1 Å².